The zero-order valence-corrected chi connectivity index (χ0v) is 9.48. The summed E-state index contributed by atoms with van der Waals surface area (Å²) in [5.41, 5.74) is 0.559. The fraction of sp³-hybridized carbons (Fsp3) is 0.167. The molecule has 0 fully saturated rings. The molecule has 0 spiro atoms. The van der Waals surface area contributed by atoms with E-state index in [0.717, 1.165) is 0 Å². The molecule has 0 aliphatic heterocycles. The van der Waals surface area contributed by atoms with E-state index in [1.54, 1.807) is 25.1 Å². The standard InChI is InChI=1S/C12H11FN2O2/c1-8-3-4-9(7-10(8)13)17-12-14-6-5-11(15-12)16-2/h3-7H,1-2H3. The Morgan fingerprint density at radius 1 is 1.24 bits per heavy atom. The predicted molar refractivity (Wildman–Crippen MR) is 59.8 cm³/mol. The molecule has 1 aromatic carbocycles. The number of aryl methyl sites for hydroxylation is 1. The zero-order chi connectivity index (χ0) is 12.3. The van der Waals surface area contributed by atoms with E-state index in [9.17, 15) is 4.39 Å². The van der Waals surface area contributed by atoms with E-state index in [1.165, 1.54) is 19.4 Å². The lowest BCUT2D eigenvalue weighted by Crippen LogP contribution is -1.95. The van der Waals surface area contributed by atoms with Crippen molar-refractivity contribution in [1.29, 1.82) is 0 Å². The summed E-state index contributed by atoms with van der Waals surface area (Å²) >= 11 is 0. The smallest absolute Gasteiger partial charge is 0.325 e. The van der Waals surface area contributed by atoms with Gasteiger partial charge in [-0.25, -0.2) is 9.37 Å². The van der Waals surface area contributed by atoms with Crippen LogP contribution in [0.3, 0.4) is 0 Å². The molecule has 1 aromatic heterocycles. The fourth-order valence-electron chi connectivity index (χ4n) is 1.23. The van der Waals surface area contributed by atoms with Crippen molar-refractivity contribution in [3.8, 4) is 17.6 Å². The summed E-state index contributed by atoms with van der Waals surface area (Å²) in [5, 5.41) is 0. The summed E-state index contributed by atoms with van der Waals surface area (Å²) in [4.78, 5) is 7.86. The number of rotatable bonds is 3. The number of hydrogen-bond donors (Lipinski definition) is 0. The van der Waals surface area contributed by atoms with Crippen molar-refractivity contribution in [3.05, 3.63) is 41.8 Å². The minimum absolute atomic E-state index is 0.118. The Balaban J connectivity index is 2.22. The lowest BCUT2D eigenvalue weighted by Gasteiger charge is -2.05. The quantitative estimate of drug-likeness (QED) is 0.819. The SMILES string of the molecule is COc1ccnc(Oc2ccc(C)c(F)c2)n1. The molecule has 2 rings (SSSR count). The zero-order valence-electron chi connectivity index (χ0n) is 9.48. The van der Waals surface area contributed by atoms with E-state index >= 15 is 0 Å². The molecule has 4 nitrogen and oxygen atoms in total. The second-order valence-electron chi connectivity index (χ2n) is 3.39. The van der Waals surface area contributed by atoms with Crippen LogP contribution in [0.4, 0.5) is 4.39 Å². The lowest BCUT2D eigenvalue weighted by atomic mass is 10.2. The first kappa shape index (κ1) is 11.3. The number of aromatic nitrogens is 2. The van der Waals surface area contributed by atoms with Crippen molar-refractivity contribution in [2.24, 2.45) is 0 Å². The highest BCUT2D eigenvalue weighted by atomic mass is 19.1. The van der Waals surface area contributed by atoms with Gasteiger partial charge >= 0.3 is 6.01 Å². The lowest BCUT2D eigenvalue weighted by molar-refractivity contribution is 0.375. The molecule has 0 saturated carbocycles. The van der Waals surface area contributed by atoms with Gasteiger partial charge in [-0.2, -0.15) is 4.98 Å². The molecule has 0 aliphatic carbocycles. The Morgan fingerprint density at radius 2 is 2.06 bits per heavy atom. The molecule has 0 bridgehead atoms. The highest BCUT2D eigenvalue weighted by molar-refractivity contribution is 5.30. The van der Waals surface area contributed by atoms with Gasteiger partial charge in [0.25, 0.3) is 0 Å². The molecule has 0 radical (unpaired) electrons. The van der Waals surface area contributed by atoms with Crippen LogP contribution in [0, 0.1) is 12.7 Å². The number of benzene rings is 1. The minimum Gasteiger partial charge on any atom is -0.481 e. The molecule has 0 amide bonds. The number of nitrogens with zero attached hydrogens (tertiary/aromatic N) is 2. The second kappa shape index (κ2) is 4.78. The van der Waals surface area contributed by atoms with Crippen molar-refractivity contribution in [2.75, 3.05) is 7.11 Å². The van der Waals surface area contributed by atoms with Gasteiger partial charge in [-0.3, -0.25) is 0 Å². The molecule has 88 valence electrons. The summed E-state index contributed by atoms with van der Waals surface area (Å²) in [6, 6.07) is 6.29. The molecule has 5 heteroatoms. The Hall–Kier alpha value is -2.17. The monoisotopic (exact) mass is 234 g/mol. The Morgan fingerprint density at radius 3 is 2.76 bits per heavy atom. The fourth-order valence-corrected chi connectivity index (χ4v) is 1.23. The van der Waals surface area contributed by atoms with Gasteiger partial charge in [0.05, 0.1) is 7.11 Å². The van der Waals surface area contributed by atoms with Crippen LogP contribution in [0.25, 0.3) is 0 Å². The largest absolute Gasteiger partial charge is 0.481 e. The third-order valence-electron chi connectivity index (χ3n) is 2.17. The van der Waals surface area contributed by atoms with Crippen LogP contribution in [0.1, 0.15) is 5.56 Å². The molecular weight excluding hydrogens is 223 g/mol. The molecule has 0 N–H and O–H groups in total. The predicted octanol–water partition coefficient (Wildman–Crippen LogP) is 2.73. The van der Waals surface area contributed by atoms with Gasteiger partial charge in [0.2, 0.25) is 5.88 Å². The number of halogens is 1. The summed E-state index contributed by atoms with van der Waals surface area (Å²) < 4.78 is 23.5. The third-order valence-corrected chi connectivity index (χ3v) is 2.17. The van der Waals surface area contributed by atoms with Crippen LogP contribution >= 0.6 is 0 Å². The van der Waals surface area contributed by atoms with Crippen LogP contribution in [0.15, 0.2) is 30.5 Å². The summed E-state index contributed by atoms with van der Waals surface area (Å²) in [6.45, 7) is 1.68. The normalized spacial score (nSPS) is 10.1. The van der Waals surface area contributed by atoms with Crippen LogP contribution in [-0.4, -0.2) is 17.1 Å². The first-order valence-corrected chi connectivity index (χ1v) is 5.00. The van der Waals surface area contributed by atoms with Crippen molar-refractivity contribution >= 4 is 0 Å². The number of hydrogen-bond acceptors (Lipinski definition) is 4. The maximum absolute atomic E-state index is 13.3. The Kier molecular flexibility index (Phi) is 3.18. The molecule has 2 aromatic rings. The molecule has 0 saturated heterocycles. The number of methoxy groups -OCH3 is 1. The van der Waals surface area contributed by atoms with E-state index in [0.29, 0.717) is 17.2 Å². The van der Waals surface area contributed by atoms with Crippen molar-refractivity contribution < 1.29 is 13.9 Å². The number of ether oxygens (including phenoxy) is 2. The van der Waals surface area contributed by atoms with Crippen LogP contribution in [-0.2, 0) is 0 Å². The second-order valence-corrected chi connectivity index (χ2v) is 3.39. The van der Waals surface area contributed by atoms with Crippen molar-refractivity contribution in [3.63, 3.8) is 0 Å². The average Bonchev–Trinajstić information content (AvgIpc) is 2.34. The first-order valence-electron chi connectivity index (χ1n) is 5.00. The summed E-state index contributed by atoms with van der Waals surface area (Å²) in [5.74, 6) is 0.411. The Labute approximate surface area is 98.1 Å². The molecule has 1 heterocycles. The molecular formula is C12H11FN2O2. The molecule has 0 aliphatic rings. The Bertz CT molecular complexity index is 532. The first-order chi connectivity index (χ1) is 8.19. The van der Waals surface area contributed by atoms with Crippen molar-refractivity contribution in [1.82, 2.24) is 9.97 Å². The van der Waals surface area contributed by atoms with Gasteiger partial charge in [0.1, 0.15) is 11.6 Å². The maximum Gasteiger partial charge on any atom is 0.325 e. The average molecular weight is 234 g/mol. The van der Waals surface area contributed by atoms with Crippen LogP contribution < -0.4 is 9.47 Å². The molecule has 0 unspecified atom stereocenters. The van der Waals surface area contributed by atoms with E-state index in [1.807, 2.05) is 0 Å². The molecule has 0 atom stereocenters. The van der Waals surface area contributed by atoms with Gasteiger partial charge in [0.15, 0.2) is 0 Å². The van der Waals surface area contributed by atoms with E-state index in [4.69, 9.17) is 9.47 Å². The van der Waals surface area contributed by atoms with Crippen molar-refractivity contribution in [2.45, 2.75) is 6.92 Å². The van der Waals surface area contributed by atoms with E-state index in [-0.39, 0.29) is 11.8 Å². The maximum atomic E-state index is 13.3. The highest BCUT2D eigenvalue weighted by Crippen LogP contribution is 2.21. The van der Waals surface area contributed by atoms with Gasteiger partial charge in [0, 0.05) is 18.3 Å². The summed E-state index contributed by atoms with van der Waals surface area (Å²) in [7, 11) is 1.50. The van der Waals surface area contributed by atoms with Gasteiger partial charge in [-0.15, -0.1) is 0 Å². The third kappa shape index (κ3) is 2.69. The van der Waals surface area contributed by atoms with E-state index in [2.05, 4.69) is 9.97 Å². The molecule has 17 heavy (non-hydrogen) atoms. The van der Waals surface area contributed by atoms with Crippen LogP contribution in [0.2, 0.25) is 0 Å². The van der Waals surface area contributed by atoms with Gasteiger partial charge in [-0.1, -0.05) is 6.07 Å². The van der Waals surface area contributed by atoms with Crippen LogP contribution in [0.5, 0.6) is 17.6 Å². The topological polar surface area (TPSA) is 44.2 Å². The summed E-state index contributed by atoms with van der Waals surface area (Å²) in [6.07, 6.45) is 1.51. The minimum atomic E-state index is -0.328. The highest BCUT2D eigenvalue weighted by Gasteiger charge is 2.04. The van der Waals surface area contributed by atoms with Gasteiger partial charge in [-0.05, 0) is 18.6 Å². The van der Waals surface area contributed by atoms with E-state index < -0.39 is 0 Å². The van der Waals surface area contributed by atoms with Gasteiger partial charge < -0.3 is 9.47 Å².